The van der Waals surface area contributed by atoms with Crippen LogP contribution in [-0.4, -0.2) is 14.3 Å². The molecule has 0 radical (unpaired) electrons. The summed E-state index contributed by atoms with van der Waals surface area (Å²) >= 11 is 0. The van der Waals surface area contributed by atoms with Gasteiger partial charge >= 0.3 is 0 Å². The number of rotatable bonds is 6. The average Bonchev–Trinajstić information content (AvgIpc) is 2.54. The predicted molar refractivity (Wildman–Crippen MR) is 99.6 cm³/mol. The lowest BCUT2D eigenvalue weighted by molar-refractivity contribution is -0.120. The first-order chi connectivity index (χ1) is 11.7. The van der Waals surface area contributed by atoms with E-state index in [-0.39, 0.29) is 4.90 Å². The number of amides is 1. The van der Waals surface area contributed by atoms with E-state index in [1.54, 1.807) is 6.92 Å². The van der Waals surface area contributed by atoms with Gasteiger partial charge in [-0.05, 0) is 54.7 Å². The number of hydrogen-bond acceptors (Lipinski definition) is 4. The normalized spacial score (nSPS) is 12.8. The van der Waals surface area contributed by atoms with Gasteiger partial charge in [-0.15, -0.1) is 0 Å². The molecule has 2 rings (SSSR count). The Balaban J connectivity index is 2.10. The monoisotopic (exact) mass is 360 g/mol. The van der Waals surface area contributed by atoms with Crippen molar-refractivity contribution < 1.29 is 13.2 Å². The number of carbonyl (C=O) groups excluding carboxylic acids is 1. The summed E-state index contributed by atoms with van der Waals surface area (Å²) in [6.45, 7) is 5.98. The Labute approximate surface area is 149 Å². The number of carbonyl (C=O) groups is 1. The molecule has 6 heteroatoms. The highest BCUT2D eigenvalue weighted by Crippen LogP contribution is 2.19. The van der Waals surface area contributed by atoms with Gasteiger partial charge in [0.15, 0.2) is 0 Å². The van der Waals surface area contributed by atoms with Crippen molar-refractivity contribution in [2.45, 2.75) is 38.0 Å². The third kappa shape index (κ3) is 5.06. The van der Waals surface area contributed by atoms with E-state index in [0.29, 0.717) is 11.6 Å². The van der Waals surface area contributed by atoms with Crippen LogP contribution in [-0.2, 0) is 21.2 Å². The molecule has 0 spiro atoms. The van der Waals surface area contributed by atoms with Crippen LogP contribution in [0, 0.1) is 5.92 Å². The van der Waals surface area contributed by atoms with E-state index >= 15 is 0 Å². The quantitative estimate of drug-likeness (QED) is 0.775. The number of sulfonamides is 1. The minimum Gasteiger partial charge on any atom is -0.399 e. The minimum atomic E-state index is -3.91. The van der Waals surface area contributed by atoms with Gasteiger partial charge in [-0.2, -0.15) is 0 Å². The van der Waals surface area contributed by atoms with E-state index in [4.69, 9.17) is 5.73 Å². The Morgan fingerprint density at radius 3 is 2.08 bits per heavy atom. The fourth-order valence-electron chi connectivity index (χ4n) is 2.49. The first-order valence-electron chi connectivity index (χ1n) is 8.20. The smallest absolute Gasteiger partial charge is 0.264 e. The summed E-state index contributed by atoms with van der Waals surface area (Å²) in [4.78, 5) is 12.4. The molecule has 0 aliphatic rings. The van der Waals surface area contributed by atoms with Crippen LogP contribution in [0.5, 0.6) is 0 Å². The first kappa shape index (κ1) is 19.0. The summed E-state index contributed by atoms with van der Waals surface area (Å²) < 4.78 is 26.7. The van der Waals surface area contributed by atoms with Gasteiger partial charge in [-0.25, -0.2) is 13.1 Å². The molecule has 5 nitrogen and oxygen atoms in total. The topological polar surface area (TPSA) is 89.3 Å². The van der Waals surface area contributed by atoms with Crippen LogP contribution >= 0.6 is 0 Å². The van der Waals surface area contributed by atoms with E-state index in [0.717, 1.165) is 12.0 Å². The Bertz CT molecular complexity index is 826. The molecule has 1 amide bonds. The van der Waals surface area contributed by atoms with E-state index < -0.39 is 21.8 Å². The molecule has 25 heavy (non-hydrogen) atoms. The summed E-state index contributed by atoms with van der Waals surface area (Å²) in [6.07, 6.45) is 0.965. The van der Waals surface area contributed by atoms with Crippen LogP contribution < -0.4 is 10.5 Å². The van der Waals surface area contributed by atoms with Gasteiger partial charge in [-0.3, -0.25) is 4.79 Å². The summed E-state index contributed by atoms with van der Waals surface area (Å²) in [7, 11) is -3.91. The zero-order valence-corrected chi connectivity index (χ0v) is 15.5. The van der Waals surface area contributed by atoms with Crippen LogP contribution in [0.15, 0.2) is 53.4 Å². The fraction of sp³-hybridized carbons (Fsp3) is 0.316. The molecule has 0 aromatic heterocycles. The van der Waals surface area contributed by atoms with Crippen LogP contribution in [0.3, 0.4) is 0 Å². The second kappa shape index (κ2) is 7.70. The van der Waals surface area contributed by atoms with Crippen molar-refractivity contribution in [1.29, 1.82) is 0 Å². The van der Waals surface area contributed by atoms with Crippen molar-refractivity contribution in [3.8, 4) is 0 Å². The van der Waals surface area contributed by atoms with Gasteiger partial charge in [0, 0.05) is 5.69 Å². The fourth-order valence-corrected chi connectivity index (χ4v) is 3.55. The zero-order chi connectivity index (χ0) is 18.6. The van der Waals surface area contributed by atoms with Crippen molar-refractivity contribution in [2.75, 3.05) is 5.73 Å². The molecular weight excluding hydrogens is 336 g/mol. The molecule has 0 unspecified atom stereocenters. The summed E-state index contributed by atoms with van der Waals surface area (Å²) in [6, 6.07) is 13.4. The third-order valence-corrected chi connectivity index (χ3v) is 5.30. The van der Waals surface area contributed by atoms with Gasteiger partial charge in [0.25, 0.3) is 10.0 Å². The zero-order valence-electron chi connectivity index (χ0n) is 14.7. The van der Waals surface area contributed by atoms with Crippen molar-refractivity contribution in [3.05, 3.63) is 59.7 Å². The summed E-state index contributed by atoms with van der Waals surface area (Å²) in [5, 5.41) is 0. The van der Waals surface area contributed by atoms with Crippen LogP contribution in [0.2, 0.25) is 0 Å². The van der Waals surface area contributed by atoms with E-state index in [1.165, 1.54) is 29.8 Å². The first-order valence-corrected chi connectivity index (χ1v) is 9.68. The predicted octanol–water partition coefficient (Wildman–Crippen LogP) is 3.08. The van der Waals surface area contributed by atoms with Gasteiger partial charge in [0.1, 0.15) is 0 Å². The molecule has 0 aliphatic carbocycles. The number of nitrogen functional groups attached to an aromatic ring is 1. The number of nitrogens with two attached hydrogens (primary N) is 1. The number of anilines is 1. The number of benzene rings is 2. The van der Waals surface area contributed by atoms with Crippen molar-refractivity contribution in [3.63, 3.8) is 0 Å². The average molecular weight is 360 g/mol. The maximum atomic E-state index is 12.3. The van der Waals surface area contributed by atoms with Gasteiger partial charge in [0.05, 0.1) is 10.8 Å². The standard InChI is InChI=1S/C19H24N2O3S/c1-13(2)12-15-4-6-16(7-5-15)14(3)19(22)21-25(23,24)18-10-8-17(20)9-11-18/h4-11,13-14H,12,20H2,1-3H3,(H,21,22)/t14-/m0/s1. The molecule has 0 fully saturated rings. The Hall–Kier alpha value is -2.34. The molecule has 134 valence electrons. The lowest BCUT2D eigenvalue weighted by atomic mass is 9.96. The van der Waals surface area contributed by atoms with E-state index in [9.17, 15) is 13.2 Å². The SMILES string of the molecule is CC(C)Cc1ccc([C@H](C)C(=O)NS(=O)(=O)c2ccc(N)cc2)cc1. The van der Waals surface area contributed by atoms with Crippen molar-refractivity contribution >= 4 is 21.6 Å². The molecule has 0 saturated heterocycles. The second-order valence-corrected chi connectivity index (χ2v) is 8.28. The third-order valence-electron chi connectivity index (χ3n) is 3.94. The molecule has 0 bridgehead atoms. The van der Waals surface area contributed by atoms with Crippen molar-refractivity contribution in [1.82, 2.24) is 4.72 Å². The Morgan fingerprint density at radius 2 is 1.56 bits per heavy atom. The largest absolute Gasteiger partial charge is 0.399 e. The molecule has 1 atom stereocenters. The summed E-state index contributed by atoms with van der Waals surface area (Å²) in [5.74, 6) is -0.582. The van der Waals surface area contributed by atoms with E-state index in [1.807, 2.05) is 24.3 Å². The Morgan fingerprint density at radius 1 is 1.00 bits per heavy atom. The van der Waals surface area contributed by atoms with Gasteiger partial charge in [0.2, 0.25) is 5.91 Å². The highest BCUT2D eigenvalue weighted by atomic mass is 32.2. The maximum absolute atomic E-state index is 12.3. The lowest BCUT2D eigenvalue weighted by Crippen LogP contribution is -2.33. The Kier molecular flexibility index (Phi) is 5.85. The highest BCUT2D eigenvalue weighted by molar-refractivity contribution is 7.90. The lowest BCUT2D eigenvalue weighted by Gasteiger charge is -2.14. The van der Waals surface area contributed by atoms with Crippen LogP contribution in [0.25, 0.3) is 0 Å². The molecule has 0 heterocycles. The number of nitrogens with one attached hydrogen (secondary N) is 1. The van der Waals surface area contributed by atoms with Gasteiger partial charge in [-0.1, -0.05) is 38.1 Å². The molecule has 2 aromatic carbocycles. The van der Waals surface area contributed by atoms with Crippen LogP contribution in [0.4, 0.5) is 5.69 Å². The number of hydrogen-bond donors (Lipinski definition) is 2. The molecule has 0 aliphatic heterocycles. The highest BCUT2D eigenvalue weighted by Gasteiger charge is 2.22. The molecule has 2 aromatic rings. The molecular formula is C19H24N2O3S. The molecule has 0 saturated carbocycles. The maximum Gasteiger partial charge on any atom is 0.264 e. The van der Waals surface area contributed by atoms with Gasteiger partial charge < -0.3 is 5.73 Å². The van der Waals surface area contributed by atoms with Crippen molar-refractivity contribution in [2.24, 2.45) is 5.92 Å². The summed E-state index contributed by atoms with van der Waals surface area (Å²) in [5.41, 5.74) is 7.98. The second-order valence-electron chi connectivity index (χ2n) is 6.60. The minimum absolute atomic E-state index is 0.00883. The molecule has 3 N–H and O–H groups in total. The van der Waals surface area contributed by atoms with E-state index in [2.05, 4.69) is 18.6 Å². The van der Waals surface area contributed by atoms with Crippen LogP contribution in [0.1, 0.15) is 37.8 Å².